The van der Waals surface area contributed by atoms with Crippen molar-refractivity contribution in [2.75, 3.05) is 0 Å². The average molecular weight is 169 g/mol. The van der Waals surface area contributed by atoms with Gasteiger partial charge in [0.05, 0.1) is 6.04 Å². The van der Waals surface area contributed by atoms with Crippen molar-refractivity contribution in [3.63, 3.8) is 0 Å². The smallest absolute Gasteiger partial charge is 0.220 e. The zero-order chi connectivity index (χ0) is 8.97. The van der Waals surface area contributed by atoms with Crippen LogP contribution in [0, 0.1) is 0 Å². The minimum Gasteiger partial charge on any atom is -0.346 e. The predicted molar refractivity (Wildman–Crippen MR) is 41.0 cm³/mol. The Balaban J connectivity index is 2.49. The molecule has 6 heteroatoms. The van der Waals surface area contributed by atoms with Crippen LogP contribution in [-0.4, -0.2) is 26.5 Å². The van der Waals surface area contributed by atoms with Gasteiger partial charge >= 0.3 is 0 Å². The Bertz CT molecular complexity index is 244. The second-order valence-electron chi connectivity index (χ2n) is 2.41. The monoisotopic (exact) mass is 169 g/mol. The van der Waals surface area contributed by atoms with Gasteiger partial charge in [-0.15, -0.1) is 10.2 Å². The van der Waals surface area contributed by atoms with Gasteiger partial charge in [-0.3, -0.25) is 4.79 Å². The van der Waals surface area contributed by atoms with E-state index < -0.39 is 0 Å². The molecule has 1 rings (SSSR count). The number of hydrogen-bond donors (Lipinski definition) is 2. The molecule has 0 aliphatic rings. The maximum atomic E-state index is 10.9. The molecule has 0 aliphatic carbocycles. The fraction of sp³-hybridized carbons (Fsp3) is 0.667. The van der Waals surface area contributed by atoms with Crippen LogP contribution < -0.4 is 5.32 Å². The molecular weight excluding hydrogens is 158 g/mol. The van der Waals surface area contributed by atoms with Crippen LogP contribution in [0.3, 0.4) is 0 Å². The lowest BCUT2D eigenvalue weighted by Crippen LogP contribution is -2.26. The molecule has 0 aromatic carbocycles. The highest BCUT2D eigenvalue weighted by Gasteiger charge is 2.11. The summed E-state index contributed by atoms with van der Waals surface area (Å²) in [5, 5.41) is 15.9. The number of amides is 1. The molecule has 0 aliphatic heterocycles. The van der Waals surface area contributed by atoms with E-state index in [4.69, 9.17) is 0 Å². The molecular formula is C6H11N5O. The van der Waals surface area contributed by atoms with E-state index in [2.05, 4.69) is 25.9 Å². The van der Waals surface area contributed by atoms with Crippen LogP contribution in [0.2, 0.25) is 0 Å². The molecule has 12 heavy (non-hydrogen) atoms. The standard InChI is InChI=1S/C6H11N5O/c1-3-5(12)7-4(2)6-8-10-11-9-6/h4H,3H2,1-2H3,(H,7,12)(H,8,9,10,11). The summed E-state index contributed by atoms with van der Waals surface area (Å²) in [5.41, 5.74) is 0. The van der Waals surface area contributed by atoms with Gasteiger partial charge in [-0.25, -0.2) is 0 Å². The number of aromatic nitrogens is 4. The topological polar surface area (TPSA) is 83.6 Å². The van der Waals surface area contributed by atoms with Gasteiger partial charge in [-0.1, -0.05) is 12.1 Å². The van der Waals surface area contributed by atoms with E-state index in [1.807, 2.05) is 0 Å². The third kappa shape index (κ3) is 2.01. The lowest BCUT2D eigenvalue weighted by atomic mass is 10.3. The highest BCUT2D eigenvalue weighted by atomic mass is 16.1. The quantitative estimate of drug-likeness (QED) is 0.655. The summed E-state index contributed by atoms with van der Waals surface area (Å²) in [6, 6.07) is -0.184. The Labute approximate surface area is 69.7 Å². The van der Waals surface area contributed by atoms with E-state index >= 15 is 0 Å². The summed E-state index contributed by atoms with van der Waals surface area (Å²) in [4.78, 5) is 10.9. The molecule has 1 heterocycles. The second kappa shape index (κ2) is 3.80. The number of rotatable bonds is 3. The number of nitrogens with zero attached hydrogens (tertiary/aromatic N) is 3. The lowest BCUT2D eigenvalue weighted by Gasteiger charge is -2.07. The van der Waals surface area contributed by atoms with Crippen LogP contribution in [0.25, 0.3) is 0 Å². The van der Waals surface area contributed by atoms with Gasteiger partial charge in [-0.05, 0) is 6.92 Å². The molecule has 0 saturated heterocycles. The third-order valence-corrected chi connectivity index (χ3v) is 1.45. The number of carbonyl (C=O) groups is 1. The number of tetrazole rings is 1. The van der Waals surface area contributed by atoms with E-state index in [1.165, 1.54) is 0 Å². The van der Waals surface area contributed by atoms with Crippen LogP contribution >= 0.6 is 0 Å². The highest BCUT2D eigenvalue weighted by molar-refractivity contribution is 5.75. The number of hydrogen-bond acceptors (Lipinski definition) is 4. The van der Waals surface area contributed by atoms with Gasteiger partial charge in [0.1, 0.15) is 0 Å². The summed E-state index contributed by atoms with van der Waals surface area (Å²) in [6.07, 6.45) is 0.461. The van der Waals surface area contributed by atoms with Crippen molar-refractivity contribution < 1.29 is 4.79 Å². The van der Waals surface area contributed by atoms with Crippen LogP contribution in [0.15, 0.2) is 0 Å². The molecule has 1 unspecified atom stereocenters. The molecule has 66 valence electrons. The van der Waals surface area contributed by atoms with Crippen LogP contribution in [-0.2, 0) is 4.79 Å². The first-order chi connectivity index (χ1) is 5.74. The van der Waals surface area contributed by atoms with E-state index in [0.29, 0.717) is 12.2 Å². The van der Waals surface area contributed by atoms with Crippen LogP contribution in [0.1, 0.15) is 32.1 Å². The van der Waals surface area contributed by atoms with Crippen molar-refractivity contribution in [3.8, 4) is 0 Å². The Kier molecular flexibility index (Phi) is 2.73. The van der Waals surface area contributed by atoms with Gasteiger partial charge in [0.25, 0.3) is 0 Å². The van der Waals surface area contributed by atoms with Gasteiger partial charge in [0, 0.05) is 6.42 Å². The molecule has 0 bridgehead atoms. The summed E-state index contributed by atoms with van der Waals surface area (Å²) in [6.45, 7) is 3.59. The van der Waals surface area contributed by atoms with Gasteiger partial charge < -0.3 is 5.32 Å². The zero-order valence-corrected chi connectivity index (χ0v) is 7.03. The van der Waals surface area contributed by atoms with Crippen LogP contribution in [0.5, 0.6) is 0 Å². The fourth-order valence-electron chi connectivity index (χ4n) is 0.761. The van der Waals surface area contributed by atoms with Crippen molar-refractivity contribution in [1.82, 2.24) is 25.9 Å². The van der Waals surface area contributed by atoms with Gasteiger partial charge in [0.15, 0.2) is 5.82 Å². The number of nitrogens with one attached hydrogen (secondary N) is 2. The first-order valence-corrected chi connectivity index (χ1v) is 3.76. The summed E-state index contributed by atoms with van der Waals surface area (Å²) >= 11 is 0. The van der Waals surface area contributed by atoms with E-state index in [-0.39, 0.29) is 11.9 Å². The number of aromatic amines is 1. The van der Waals surface area contributed by atoms with Gasteiger partial charge in [-0.2, -0.15) is 5.21 Å². The highest BCUT2D eigenvalue weighted by Crippen LogP contribution is 2.02. The minimum atomic E-state index is -0.184. The molecule has 1 atom stereocenters. The van der Waals surface area contributed by atoms with Crippen molar-refractivity contribution in [3.05, 3.63) is 5.82 Å². The molecule has 0 radical (unpaired) electrons. The molecule has 0 fully saturated rings. The lowest BCUT2D eigenvalue weighted by molar-refractivity contribution is -0.121. The van der Waals surface area contributed by atoms with Gasteiger partial charge in [0.2, 0.25) is 5.91 Å². The normalized spacial score (nSPS) is 12.5. The Hall–Kier alpha value is -1.46. The van der Waals surface area contributed by atoms with Crippen molar-refractivity contribution in [1.29, 1.82) is 0 Å². The van der Waals surface area contributed by atoms with Crippen molar-refractivity contribution in [2.24, 2.45) is 0 Å². The SMILES string of the molecule is CCC(=O)NC(C)c1nn[nH]n1. The Morgan fingerprint density at radius 1 is 1.75 bits per heavy atom. The van der Waals surface area contributed by atoms with Crippen molar-refractivity contribution >= 4 is 5.91 Å². The summed E-state index contributed by atoms with van der Waals surface area (Å²) in [5.74, 6) is 0.476. The molecule has 2 N–H and O–H groups in total. The van der Waals surface area contributed by atoms with E-state index in [9.17, 15) is 4.79 Å². The summed E-state index contributed by atoms with van der Waals surface area (Å²) < 4.78 is 0. The number of H-pyrrole nitrogens is 1. The maximum Gasteiger partial charge on any atom is 0.220 e. The Morgan fingerprint density at radius 2 is 2.50 bits per heavy atom. The molecule has 1 amide bonds. The van der Waals surface area contributed by atoms with E-state index in [1.54, 1.807) is 13.8 Å². The Morgan fingerprint density at radius 3 is 3.00 bits per heavy atom. The largest absolute Gasteiger partial charge is 0.346 e. The average Bonchev–Trinajstić information content (AvgIpc) is 2.56. The third-order valence-electron chi connectivity index (χ3n) is 1.45. The molecule has 6 nitrogen and oxygen atoms in total. The molecule has 1 aromatic rings. The fourth-order valence-corrected chi connectivity index (χ4v) is 0.761. The minimum absolute atomic E-state index is 0.0210. The van der Waals surface area contributed by atoms with Crippen LogP contribution in [0.4, 0.5) is 0 Å². The first kappa shape index (κ1) is 8.63. The maximum absolute atomic E-state index is 10.9. The molecule has 0 spiro atoms. The second-order valence-corrected chi connectivity index (χ2v) is 2.41. The zero-order valence-electron chi connectivity index (χ0n) is 7.03. The number of carbonyl (C=O) groups excluding carboxylic acids is 1. The first-order valence-electron chi connectivity index (χ1n) is 3.76. The molecule has 1 aromatic heterocycles. The van der Waals surface area contributed by atoms with Crippen molar-refractivity contribution in [2.45, 2.75) is 26.3 Å². The summed E-state index contributed by atoms with van der Waals surface area (Å²) in [7, 11) is 0. The molecule has 0 saturated carbocycles. The predicted octanol–water partition coefficient (Wildman–Crippen LogP) is -0.213. The van der Waals surface area contributed by atoms with E-state index in [0.717, 1.165) is 0 Å².